The molecule has 0 aliphatic rings. The number of aromatic nitrogens is 2. The molecule has 1 N–H and O–H groups in total. The molecule has 2 rings (SSSR count). The lowest BCUT2D eigenvalue weighted by Crippen LogP contribution is -2.21. The summed E-state index contributed by atoms with van der Waals surface area (Å²) < 4.78 is 1.95. The summed E-state index contributed by atoms with van der Waals surface area (Å²) in [5, 5.41) is 9.79. The second-order valence-corrected chi connectivity index (χ2v) is 4.90. The molecule has 0 amide bonds. The minimum Gasteiger partial charge on any atom is -0.508 e. The first-order valence-electron chi connectivity index (χ1n) is 4.77. The first-order chi connectivity index (χ1) is 6.89. The lowest BCUT2D eigenvalue weighted by atomic mass is 10.1. The van der Waals surface area contributed by atoms with E-state index in [4.69, 9.17) is 11.6 Å². The average molecular weight is 225 g/mol. The van der Waals surface area contributed by atoms with E-state index >= 15 is 0 Å². The van der Waals surface area contributed by atoms with Gasteiger partial charge in [0, 0.05) is 11.6 Å². The summed E-state index contributed by atoms with van der Waals surface area (Å²) >= 11 is 6.07. The molecule has 0 saturated heterocycles. The van der Waals surface area contributed by atoms with E-state index < -0.39 is 0 Å². The van der Waals surface area contributed by atoms with Crippen LogP contribution in [0, 0.1) is 0 Å². The van der Waals surface area contributed by atoms with Crippen LogP contribution in [0.15, 0.2) is 18.2 Å². The van der Waals surface area contributed by atoms with E-state index in [1.807, 2.05) is 10.6 Å². The Labute approximate surface area is 93.3 Å². The fourth-order valence-electron chi connectivity index (χ4n) is 1.68. The molecular formula is C11H13ClN2O. The van der Waals surface area contributed by atoms with Crippen LogP contribution in [0.1, 0.15) is 20.8 Å². The van der Waals surface area contributed by atoms with Gasteiger partial charge in [0.2, 0.25) is 5.28 Å². The molecule has 0 fully saturated rings. The first-order valence-corrected chi connectivity index (χ1v) is 5.15. The number of fused-ring (bicyclic) bond motifs is 1. The third kappa shape index (κ3) is 1.67. The number of hydrogen-bond donors (Lipinski definition) is 1. The monoisotopic (exact) mass is 224 g/mol. The summed E-state index contributed by atoms with van der Waals surface area (Å²) in [6, 6.07) is 5.08. The van der Waals surface area contributed by atoms with Crippen molar-refractivity contribution in [3.05, 3.63) is 23.5 Å². The highest BCUT2D eigenvalue weighted by Crippen LogP contribution is 2.29. The molecule has 0 unspecified atom stereocenters. The topological polar surface area (TPSA) is 38.0 Å². The van der Waals surface area contributed by atoms with Crippen LogP contribution in [-0.2, 0) is 5.54 Å². The summed E-state index contributed by atoms with van der Waals surface area (Å²) in [5.74, 6) is 0.206. The Morgan fingerprint density at radius 1 is 1.33 bits per heavy atom. The molecule has 3 nitrogen and oxygen atoms in total. The number of rotatable bonds is 0. The summed E-state index contributed by atoms with van der Waals surface area (Å²) in [7, 11) is 0. The lowest BCUT2D eigenvalue weighted by Gasteiger charge is -2.22. The predicted octanol–water partition coefficient (Wildman–Crippen LogP) is 3.15. The second-order valence-electron chi connectivity index (χ2n) is 4.56. The maximum Gasteiger partial charge on any atom is 0.204 e. The van der Waals surface area contributed by atoms with Gasteiger partial charge in [-0.2, -0.15) is 0 Å². The number of aromatic hydroxyl groups is 1. The zero-order valence-electron chi connectivity index (χ0n) is 8.95. The predicted molar refractivity (Wildman–Crippen MR) is 61.4 cm³/mol. The van der Waals surface area contributed by atoms with E-state index in [-0.39, 0.29) is 11.3 Å². The van der Waals surface area contributed by atoms with Crippen molar-refractivity contribution in [2.75, 3.05) is 0 Å². The van der Waals surface area contributed by atoms with E-state index in [0.29, 0.717) is 5.28 Å². The van der Waals surface area contributed by atoms with Crippen molar-refractivity contribution in [1.82, 2.24) is 9.55 Å². The Morgan fingerprint density at radius 2 is 2.00 bits per heavy atom. The molecule has 2 aromatic rings. The summed E-state index contributed by atoms with van der Waals surface area (Å²) in [6.07, 6.45) is 0. The third-order valence-electron chi connectivity index (χ3n) is 2.27. The van der Waals surface area contributed by atoms with E-state index in [0.717, 1.165) is 11.0 Å². The Balaban J connectivity index is 2.80. The molecule has 0 aliphatic heterocycles. The van der Waals surface area contributed by atoms with Crippen LogP contribution >= 0.6 is 11.6 Å². The van der Waals surface area contributed by atoms with Crippen molar-refractivity contribution in [3.63, 3.8) is 0 Å². The molecule has 0 atom stereocenters. The van der Waals surface area contributed by atoms with Gasteiger partial charge >= 0.3 is 0 Å². The van der Waals surface area contributed by atoms with E-state index in [1.54, 1.807) is 12.1 Å². The molecule has 1 aromatic carbocycles. The van der Waals surface area contributed by atoms with Gasteiger partial charge in [-0.15, -0.1) is 0 Å². The Kier molecular flexibility index (Phi) is 2.15. The van der Waals surface area contributed by atoms with E-state index in [2.05, 4.69) is 25.8 Å². The highest BCUT2D eigenvalue weighted by atomic mass is 35.5. The summed E-state index contributed by atoms with van der Waals surface area (Å²) in [5.41, 5.74) is 1.53. The van der Waals surface area contributed by atoms with Gasteiger partial charge in [-0.05, 0) is 44.5 Å². The Bertz CT molecular complexity index is 511. The number of benzene rings is 1. The SMILES string of the molecule is CC(C)(C)n1c(Cl)nc2cc(O)ccc21. The molecule has 15 heavy (non-hydrogen) atoms. The zero-order valence-corrected chi connectivity index (χ0v) is 9.71. The lowest BCUT2D eigenvalue weighted by molar-refractivity contribution is 0.409. The summed E-state index contributed by atoms with van der Waals surface area (Å²) in [4.78, 5) is 4.21. The fraction of sp³-hybridized carbons (Fsp3) is 0.364. The molecular weight excluding hydrogens is 212 g/mol. The van der Waals surface area contributed by atoms with Crippen LogP contribution in [-0.4, -0.2) is 14.7 Å². The fourth-order valence-corrected chi connectivity index (χ4v) is 2.11. The van der Waals surface area contributed by atoms with Crippen molar-refractivity contribution in [3.8, 4) is 5.75 Å². The van der Waals surface area contributed by atoms with Crippen molar-refractivity contribution in [1.29, 1.82) is 0 Å². The molecule has 0 bridgehead atoms. The van der Waals surface area contributed by atoms with Gasteiger partial charge in [0.25, 0.3) is 0 Å². The molecule has 0 radical (unpaired) electrons. The van der Waals surface area contributed by atoms with Gasteiger partial charge < -0.3 is 9.67 Å². The van der Waals surface area contributed by atoms with Gasteiger partial charge in [0.1, 0.15) is 5.75 Å². The molecule has 0 spiro atoms. The number of imidazole rings is 1. The van der Waals surface area contributed by atoms with Gasteiger partial charge in [-0.3, -0.25) is 0 Å². The van der Waals surface area contributed by atoms with Gasteiger partial charge in [0.15, 0.2) is 0 Å². The van der Waals surface area contributed by atoms with Crippen molar-refractivity contribution in [2.24, 2.45) is 0 Å². The van der Waals surface area contributed by atoms with Crippen LogP contribution in [0.3, 0.4) is 0 Å². The number of halogens is 1. The zero-order chi connectivity index (χ0) is 11.2. The maximum absolute atomic E-state index is 9.34. The molecule has 1 aromatic heterocycles. The van der Waals surface area contributed by atoms with Crippen LogP contribution in [0.25, 0.3) is 11.0 Å². The number of hydrogen-bond acceptors (Lipinski definition) is 2. The second kappa shape index (κ2) is 3.14. The van der Waals surface area contributed by atoms with E-state index in [1.165, 1.54) is 0 Å². The number of phenols is 1. The van der Waals surface area contributed by atoms with Gasteiger partial charge in [-0.25, -0.2) is 4.98 Å². The van der Waals surface area contributed by atoms with Gasteiger partial charge in [-0.1, -0.05) is 0 Å². The average Bonchev–Trinajstić information content (AvgIpc) is 2.38. The van der Waals surface area contributed by atoms with Gasteiger partial charge in [0.05, 0.1) is 11.0 Å². The quantitative estimate of drug-likeness (QED) is 0.747. The molecule has 4 heteroatoms. The van der Waals surface area contributed by atoms with Crippen LogP contribution in [0.5, 0.6) is 5.75 Å². The van der Waals surface area contributed by atoms with Crippen LogP contribution in [0.2, 0.25) is 5.28 Å². The molecule has 1 heterocycles. The smallest absolute Gasteiger partial charge is 0.204 e. The van der Waals surface area contributed by atoms with Crippen LogP contribution in [0.4, 0.5) is 0 Å². The number of nitrogens with zero attached hydrogens (tertiary/aromatic N) is 2. The molecule has 0 saturated carbocycles. The minimum absolute atomic E-state index is 0.122. The minimum atomic E-state index is -0.122. The standard InChI is InChI=1S/C11H13ClN2O/c1-11(2,3)14-9-5-4-7(15)6-8(9)13-10(14)12/h4-6,15H,1-3H3. The maximum atomic E-state index is 9.34. The largest absolute Gasteiger partial charge is 0.508 e. The highest BCUT2D eigenvalue weighted by molar-refractivity contribution is 6.29. The molecule has 80 valence electrons. The first kappa shape index (κ1) is 10.3. The van der Waals surface area contributed by atoms with Crippen molar-refractivity contribution >= 4 is 22.6 Å². The van der Waals surface area contributed by atoms with Crippen molar-refractivity contribution in [2.45, 2.75) is 26.3 Å². The number of phenolic OH excluding ortho intramolecular Hbond substituents is 1. The Hall–Kier alpha value is -1.22. The van der Waals surface area contributed by atoms with Crippen LogP contribution < -0.4 is 0 Å². The highest BCUT2D eigenvalue weighted by Gasteiger charge is 2.20. The normalized spacial score (nSPS) is 12.3. The van der Waals surface area contributed by atoms with Crippen molar-refractivity contribution < 1.29 is 5.11 Å². The van der Waals surface area contributed by atoms with E-state index in [9.17, 15) is 5.11 Å². The summed E-state index contributed by atoms with van der Waals surface area (Å²) in [6.45, 7) is 6.19. The Morgan fingerprint density at radius 3 is 2.60 bits per heavy atom. The molecule has 0 aliphatic carbocycles. The third-order valence-corrected chi connectivity index (χ3v) is 2.52.